The first-order chi connectivity index (χ1) is 8.19. The number of nitrogens with zero attached hydrogens (tertiary/aromatic N) is 1. The molecule has 0 bridgehead atoms. The van der Waals surface area contributed by atoms with Crippen molar-refractivity contribution in [2.75, 3.05) is 0 Å². The molecule has 0 aliphatic heterocycles. The van der Waals surface area contributed by atoms with Gasteiger partial charge in [-0.2, -0.15) is 0 Å². The molecule has 1 unspecified atom stereocenters. The van der Waals surface area contributed by atoms with Crippen molar-refractivity contribution < 1.29 is 4.74 Å². The van der Waals surface area contributed by atoms with Crippen molar-refractivity contribution in [3.8, 4) is 5.88 Å². The van der Waals surface area contributed by atoms with Crippen LogP contribution >= 0.6 is 11.6 Å². The summed E-state index contributed by atoms with van der Waals surface area (Å²) in [6, 6.07) is 2.61. The average molecular weight is 255 g/mol. The van der Waals surface area contributed by atoms with Gasteiger partial charge in [0.25, 0.3) is 0 Å². The number of nitrogens with one attached hydrogen (secondary N) is 1. The van der Waals surface area contributed by atoms with Crippen LogP contribution in [-0.4, -0.2) is 17.1 Å². The number of pyridine rings is 1. The molecule has 0 radical (unpaired) electrons. The number of ether oxygens (including phenoxy) is 1. The van der Waals surface area contributed by atoms with Gasteiger partial charge in [-0.25, -0.2) is 4.98 Å². The lowest BCUT2D eigenvalue weighted by Crippen LogP contribution is -2.16. The normalized spacial score (nSPS) is 16.9. The molecule has 1 aromatic rings. The summed E-state index contributed by atoms with van der Waals surface area (Å²) in [4.78, 5) is 4.19. The Bertz CT molecular complexity index is 380. The maximum absolute atomic E-state index is 6.11. The molecular weight excluding hydrogens is 236 g/mol. The molecule has 0 saturated heterocycles. The third-order valence-corrected chi connectivity index (χ3v) is 3.31. The van der Waals surface area contributed by atoms with Gasteiger partial charge < -0.3 is 10.1 Å². The molecule has 0 aromatic carbocycles. The van der Waals surface area contributed by atoms with Gasteiger partial charge in [0.05, 0.1) is 11.1 Å². The topological polar surface area (TPSA) is 34.1 Å². The van der Waals surface area contributed by atoms with Crippen LogP contribution in [0.15, 0.2) is 12.3 Å². The van der Waals surface area contributed by atoms with E-state index in [1.165, 1.54) is 12.8 Å². The number of aromatic nitrogens is 1. The highest BCUT2D eigenvalue weighted by Crippen LogP contribution is 2.23. The fourth-order valence-corrected chi connectivity index (χ4v) is 1.66. The molecule has 94 valence electrons. The van der Waals surface area contributed by atoms with Crippen LogP contribution in [0.1, 0.15) is 38.7 Å². The van der Waals surface area contributed by atoms with Crippen molar-refractivity contribution in [2.24, 2.45) is 0 Å². The van der Waals surface area contributed by atoms with Crippen LogP contribution in [0.25, 0.3) is 0 Å². The van der Waals surface area contributed by atoms with E-state index in [0.717, 1.165) is 18.5 Å². The quantitative estimate of drug-likeness (QED) is 0.847. The molecule has 17 heavy (non-hydrogen) atoms. The van der Waals surface area contributed by atoms with E-state index in [9.17, 15) is 0 Å². The summed E-state index contributed by atoms with van der Waals surface area (Å²) in [5, 5.41) is 4.14. The van der Waals surface area contributed by atoms with Crippen LogP contribution in [0.5, 0.6) is 5.88 Å². The predicted molar refractivity (Wildman–Crippen MR) is 69.5 cm³/mol. The lowest BCUT2D eigenvalue weighted by atomic mass is 10.2. The van der Waals surface area contributed by atoms with Gasteiger partial charge in [0, 0.05) is 24.8 Å². The Morgan fingerprint density at radius 2 is 2.35 bits per heavy atom. The van der Waals surface area contributed by atoms with Gasteiger partial charge in [-0.15, -0.1) is 0 Å². The SMILES string of the molecule is CCC(C)Oc1cc(CNC2CC2)c(Cl)cn1. The molecule has 1 heterocycles. The van der Waals surface area contributed by atoms with E-state index in [1.54, 1.807) is 6.20 Å². The van der Waals surface area contributed by atoms with Crippen LogP contribution in [-0.2, 0) is 6.54 Å². The molecule has 1 saturated carbocycles. The number of halogens is 1. The fraction of sp³-hybridized carbons (Fsp3) is 0.615. The lowest BCUT2D eigenvalue weighted by molar-refractivity contribution is 0.208. The zero-order valence-electron chi connectivity index (χ0n) is 10.4. The molecule has 0 amide bonds. The van der Waals surface area contributed by atoms with E-state index in [-0.39, 0.29) is 6.10 Å². The Morgan fingerprint density at radius 1 is 1.59 bits per heavy atom. The third kappa shape index (κ3) is 3.86. The Labute approximate surface area is 108 Å². The molecule has 2 rings (SSSR count). The second-order valence-electron chi connectivity index (χ2n) is 4.61. The van der Waals surface area contributed by atoms with Gasteiger partial charge in [0.15, 0.2) is 0 Å². The minimum absolute atomic E-state index is 0.188. The van der Waals surface area contributed by atoms with Gasteiger partial charge in [-0.05, 0) is 31.7 Å². The fourth-order valence-electron chi connectivity index (χ4n) is 1.49. The summed E-state index contributed by atoms with van der Waals surface area (Å²) >= 11 is 6.11. The molecule has 1 atom stereocenters. The second kappa shape index (κ2) is 5.69. The summed E-state index contributed by atoms with van der Waals surface area (Å²) in [5.74, 6) is 0.663. The van der Waals surface area contributed by atoms with E-state index in [4.69, 9.17) is 16.3 Å². The Morgan fingerprint density at radius 3 is 3.00 bits per heavy atom. The molecule has 0 spiro atoms. The van der Waals surface area contributed by atoms with Gasteiger partial charge in [0.1, 0.15) is 0 Å². The molecule has 1 aliphatic carbocycles. The van der Waals surface area contributed by atoms with E-state index < -0.39 is 0 Å². The number of rotatable bonds is 6. The van der Waals surface area contributed by atoms with Crippen molar-refractivity contribution >= 4 is 11.6 Å². The summed E-state index contributed by atoms with van der Waals surface area (Å²) < 4.78 is 5.68. The monoisotopic (exact) mass is 254 g/mol. The Balaban J connectivity index is 1.99. The van der Waals surface area contributed by atoms with Crippen molar-refractivity contribution in [1.82, 2.24) is 10.3 Å². The third-order valence-electron chi connectivity index (χ3n) is 2.96. The highest BCUT2D eigenvalue weighted by atomic mass is 35.5. The van der Waals surface area contributed by atoms with Crippen LogP contribution in [0, 0.1) is 0 Å². The van der Waals surface area contributed by atoms with E-state index >= 15 is 0 Å². The minimum atomic E-state index is 0.188. The maximum Gasteiger partial charge on any atom is 0.213 e. The highest BCUT2D eigenvalue weighted by molar-refractivity contribution is 6.31. The average Bonchev–Trinajstić information content (AvgIpc) is 3.13. The smallest absolute Gasteiger partial charge is 0.213 e. The van der Waals surface area contributed by atoms with Gasteiger partial charge in [-0.1, -0.05) is 18.5 Å². The van der Waals surface area contributed by atoms with Crippen LogP contribution in [0.2, 0.25) is 5.02 Å². The molecule has 1 aromatic heterocycles. The Kier molecular flexibility index (Phi) is 4.24. The first kappa shape index (κ1) is 12.7. The van der Waals surface area contributed by atoms with Crippen LogP contribution in [0.4, 0.5) is 0 Å². The lowest BCUT2D eigenvalue weighted by Gasteiger charge is -2.13. The zero-order chi connectivity index (χ0) is 12.3. The van der Waals surface area contributed by atoms with E-state index in [1.807, 2.05) is 13.0 Å². The molecule has 3 nitrogen and oxygen atoms in total. The first-order valence-electron chi connectivity index (χ1n) is 6.23. The van der Waals surface area contributed by atoms with Gasteiger partial charge in [-0.3, -0.25) is 0 Å². The largest absolute Gasteiger partial charge is 0.475 e. The summed E-state index contributed by atoms with van der Waals surface area (Å²) in [7, 11) is 0. The summed E-state index contributed by atoms with van der Waals surface area (Å²) in [6.45, 7) is 4.93. The second-order valence-corrected chi connectivity index (χ2v) is 5.01. The predicted octanol–water partition coefficient (Wildman–Crippen LogP) is 3.16. The minimum Gasteiger partial charge on any atom is -0.475 e. The van der Waals surface area contributed by atoms with E-state index in [0.29, 0.717) is 16.9 Å². The summed E-state index contributed by atoms with van der Waals surface area (Å²) in [5.41, 5.74) is 1.06. The molecular formula is C13H19ClN2O. The first-order valence-corrected chi connectivity index (χ1v) is 6.61. The van der Waals surface area contributed by atoms with E-state index in [2.05, 4.69) is 17.2 Å². The van der Waals surface area contributed by atoms with Gasteiger partial charge in [0.2, 0.25) is 5.88 Å². The Hall–Kier alpha value is -0.800. The molecule has 1 aliphatic rings. The van der Waals surface area contributed by atoms with Gasteiger partial charge >= 0.3 is 0 Å². The summed E-state index contributed by atoms with van der Waals surface area (Å²) in [6.07, 6.45) is 5.38. The van der Waals surface area contributed by atoms with Crippen LogP contribution < -0.4 is 10.1 Å². The maximum atomic E-state index is 6.11. The highest BCUT2D eigenvalue weighted by Gasteiger charge is 2.20. The van der Waals surface area contributed by atoms with Crippen molar-refractivity contribution in [3.63, 3.8) is 0 Å². The molecule has 1 fully saturated rings. The number of hydrogen-bond acceptors (Lipinski definition) is 3. The molecule has 1 N–H and O–H groups in total. The number of hydrogen-bond donors (Lipinski definition) is 1. The standard InChI is InChI=1S/C13H19ClN2O/c1-3-9(2)17-13-6-10(12(14)8-16-13)7-15-11-4-5-11/h6,8-9,11,15H,3-5,7H2,1-2H3. The van der Waals surface area contributed by atoms with Crippen molar-refractivity contribution in [3.05, 3.63) is 22.8 Å². The zero-order valence-corrected chi connectivity index (χ0v) is 11.1. The van der Waals surface area contributed by atoms with Crippen LogP contribution in [0.3, 0.4) is 0 Å². The van der Waals surface area contributed by atoms with Crippen molar-refractivity contribution in [1.29, 1.82) is 0 Å². The van der Waals surface area contributed by atoms with Crippen molar-refractivity contribution in [2.45, 2.75) is 51.8 Å². The molecule has 4 heteroatoms.